The Kier molecular flexibility index (Phi) is 6.62. The van der Waals surface area contributed by atoms with Crippen LogP contribution >= 0.6 is 11.3 Å². The Balaban J connectivity index is 1.05. The quantitative estimate of drug-likeness (QED) is 0.175. The molecule has 1 aromatic heterocycles. The normalized spacial score (nSPS) is 22.8. The highest BCUT2D eigenvalue weighted by Gasteiger charge is 2.51. The Hall–Kier alpha value is -4.66. The van der Waals surface area contributed by atoms with E-state index in [2.05, 4.69) is 150 Å². The van der Waals surface area contributed by atoms with Crippen molar-refractivity contribution in [3.05, 3.63) is 151 Å². The van der Waals surface area contributed by atoms with Gasteiger partial charge in [0.1, 0.15) is 0 Å². The Labute approximate surface area is 287 Å². The molecule has 4 bridgehead atoms. The zero-order chi connectivity index (χ0) is 31.7. The summed E-state index contributed by atoms with van der Waals surface area (Å²) in [6.45, 7) is 0. The molecule has 0 radical (unpaired) electrons. The monoisotopic (exact) mass is 637 g/mol. The Morgan fingerprint density at radius 2 is 1.02 bits per heavy atom. The Morgan fingerprint density at radius 3 is 1.71 bits per heavy atom. The lowest BCUT2D eigenvalue weighted by Crippen LogP contribution is -2.48. The minimum atomic E-state index is 0.413. The van der Waals surface area contributed by atoms with Crippen LogP contribution in [-0.4, -0.2) is 0 Å². The summed E-state index contributed by atoms with van der Waals surface area (Å²) in [4.78, 5) is 2.45. The number of benzene rings is 6. The van der Waals surface area contributed by atoms with E-state index < -0.39 is 0 Å². The highest BCUT2D eigenvalue weighted by atomic mass is 32.1. The minimum Gasteiger partial charge on any atom is -0.309 e. The first-order valence-electron chi connectivity index (χ1n) is 17.8. The van der Waals surface area contributed by atoms with Gasteiger partial charge < -0.3 is 4.90 Å². The van der Waals surface area contributed by atoms with Crippen molar-refractivity contribution in [2.45, 2.75) is 43.9 Å². The fourth-order valence-corrected chi connectivity index (χ4v) is 11.3. The summed E-state index contributed by atoms with van der Waals surface area (Å²) in [6.07, 6.45) is 8.68. The number of thiophene rings is 1. The van der Waals surface area contributed by atoms with Gasteiger partial charge in [0.2, 0.25) is 0 Å². The Bertz CT molecular complexity index is 2230. The largest absolute Gasteiger partial charge is 0.309 e. The number of hydrogen-bond donors (Lipinski definition) is 0. The topological polar surface area (TPSA) is 3.24 Å². The molecule has 0 atom stereocenters. The molecule has 7 aromatic rings. The maximum absolute atomic E-state index is 2.54. The molecule has 4 saturated carbocycles. The van der Waals surface area contributed by atoms with Crippen molar-refractivity contribution in [2.75, 3.05) is 4.90 Å². The van der Waals surface area contributed by atoms with E-state index in [1.54, 1.807) is 5.56 Å². The van der Waals surface area contributed by atoms with Crippen LogP contribution in [0.3, 0.4) is 0 Å². The molecule has 0 amide bonds. The maximum atomic E-state index is 2.54. The van der Waals surface area contributed by atoms with E-state index in [1.165, 1.54) is 92.3 Å². The highest BCUT2D eigenvalue weighted by molar-refractivity contribution is 7.26. The lowest BCUT2D eigenvalue weighted by Gasteiger charge is -2.57. The van der Waals surface area contributed by atoms with Gasteiger partial charge in [-0.05, 0) is 126 Å². The lowest BCUT2D eigenvalue weighted by atomic mass is 9.48. The lowest BCUT2D eigenvalue weighted by molar-refractivity contribution is -0.00516. The number of nitrogens with zero attached hydrogens (tertiary/aromatic N) is 1. The minimum absolute atomic E-state index is 0.413. The zero-order valence-electron chi connectivity index (χ0n) is 27.2. The standard InChI is InChI=1S/C46H39NS/c1-2-8-34(9-3-1)35-16-20-39(21-17-35)47(43-14-7-13-42-41-12-4-5-15-44(41)48-45(42)43)40-22-18-36(19-23-40)37-10-6-11-38(27-37)46-28-31-24-32(29-46)26-33(25-31)30-46/h1-23,27,31-33H,24-26,28-30H2. The molecular formula is C46H39NS. The van der Waals surface area contributed by atoms with Crippen LogP contribution in [0.2, 0.25) is 0 Å². The molecule has 6 aromatic carbocycles. The van der Waals surface area contributed by atoms with E-state index in [4.69, 9.17) is 0 Å². The second-order valence-corrected chi connectivity index (χ2v) is 15.9. The second-order valence-electron chi connectivity index (χ2n) is 14.8. The van der Waals surface area contributed by atoms with Gasteiger partial charge in [0, 0.05) is 26.8 Å². The molecule has 0 saturated heterocycles. The van der Waals surface area contributed by atoms with Crippen LogP contribution in [0.25, 0.3) is 42.4 Å². The molecule has 0 aliphatic heterocycles. The van der Waals surface area contributed by atoms with Gasteiger partial charge in [-0.1, -0.05) is 109 Å². The summed E-state index contributed by atoms with van der Waals surface area (Å²) in [5.74, 6) is 2.87. The smallest absolute Gasteiger partial charge is 0.0640 e. The first-order chi connectivity index (χ1) is 23.7. The van der Waals surface area contributed by atoms with Crippen LogP contribution in [0, 0.1) is 17.8 Å². The van der Waals surface area contributed by atoms with Crippen molar-refractivity contribution < 1.29 is 0 Å². The second kappa shape index (κ2) is 11.2. The fourth-order valence-electron chi connectivity index (χ4n) is 10.1. The van der Waals surface area contributed by atoms with E-state index >= 15 is 0 Å². The van der Waals surface area contributed by atoms with Gasteiger partial charge in [0.15, 0.2) is 0 Å². The van der Waals surface area contributed by atoms with Crippen molar-refractivity contribution in [3.63, 3.8) is 0 Å². The predicted molar refractivity (Wildman–Crippen MR) is 205 cm³/mol. The third-order valence-electron chi connectivity index (χ3n) is 11.8. The van der Waals surface area contributed by atoms with Gasteiger partial charge >= 0.3 is 0 Å². The molecule has 48 heavy (non-hydrogen) atoms. The number of anilines is 3. The predicted octanol–water partition coefficient (Wildman–Crippen LogP) is 13.3. The van der Waals surface area contributed by atoms with Crippen molar-refractivity contribution in [2.24, 2.45) is 17.8 Å². The van der Waals surface area contributed by atoms with Gasteiger partial charge in [0.05, 0.1) is 10.4 Å². The van der Waals surface area contributed by atoms with Crippen molar-refractivity contribution in [1.29, 1.82) is 0 Å². The van der Waals surface area contributed by atoms with Crippen LogP contribution < -0.4 is 4.90 Å². The van der Waals surface area contributed by atoms with Crippen LogP contribution in [0.1, 0.15) is 44.1 Å². The number of hydrogen-bond acceptors (Lipinski definition) is 2. The third-order valence-corrected chi connectivity index (χ3v) is 13.0. The van der Waals surface area contributed by atoms with Crippen LogP contribution in [0.5, 0.6) is 0 Å². The van der Waals surface area contributed by atoms with E-state index in [1.807, 2.05) is 11.3 Å². The maximum Gasteiger partial charge on any atom is 0.0640 e. The average molecular weight is 638 g/mol. The first-order valence-corrected chi connectivity index (χ1v) is 18.6. The van der Waals surface area contributed by atoms with Crippen molar-refractivity contribution >= 4 is 48.6 Å². The molecule has 1 nitrogen and oxygen atoms in total. The molecular weight excluding hydrogens is 599 g/mol. The molecule has 4 aliphatic carbocycles. The molecule has 0 spiro atoms. The first kappa shape index (κ1) is 28.4. The average Bonchev–Trinajstić information content (AvgIpc) is 3.52. The van der Waals surface area contributed by atoms with Gasteiger partial charge in [0.25, 0.3) is 0 Å². The van der Waals surface area contributed by atoms with Crippen LogP contribution in [-0.2, 0) is 5.41 Å². The molecule has 1 heterocycles. The van der Waals surface area contributed by atoms with E-state index in [9.17, 15) is 0 Å². The Morgan fingerprint density at radius 1 is 0.479 bits per heavy atom. The molecule has 0 unspecified atom stereocenters. The number of rotatable bonds is 6. The third kappa shape index (κ3) is 4.72. The van der Waals surface area contributed by atoms with E-state index in [0.717, 1.165) is 23.4 Å². The molecule has 2 heteroatoms. The van der Waals surface area contributed by atoms with Crippen molar-refractivity contribution in [1.82, 2.24) is 0 Å². The van der Waals surface area contributed by atoms with Gasteiger partial charge in [-0.2, -0.15) is 0 Å². The van der Waals surface area contributed by atoms with E-state index in [-0.39, 0.29) is 0 Å². The summed E-state index contributed by atoms with van der Waals surface area (Å²) in [6, 6.07) is 54.2. The summed E-state index contributed by atoms with van der Waals surface area (Å²) in [5, 5.41) is 2.64. The molecule has 4 aliphatic rings. The SMILES string of the molecule is c1ccc(-c2ccc(N(c3ccc(-c4cccc(C56CC7CC(CC(C7)C5)C6)c4)cc3)c3cccc4c3sc3ccccc34)cc2)cc1. The van der Waals surface area contributed by atoms with Gasteiger partial charge in [-0.25, -0.2) is 0 Å². The highest BCUT2D eigenvalue weighted by Crippen LogP contribution is 2.61. The summed E-state index contributed by atoms with van der Waals surface area (Å²) >= 11 is 1.89. The summed E-state index contributed by atoms with van der Waals surface area (Å²) in [5.41, 5.74) is 10.7. The van der Waals surface area contributed by atoms with Crippen molar-refractivity contribution in [3.8, 4) is 22.3 Å². The molecule has 4 fully saturated rings. The zero-order valence-corrected chi connectivity index (χ0v) is 28.0. The summed E-state index contributed by atoms with van der Waals surface area (Å²) < 4.78 is 2.65. The summed E-state index contributed by atoms with van der Waals surface area (Å²) in [7, 11) is 0. The van der Waals surface area contributed by atoms with E-state index in [0.29, 0.717) is 5.41 Å². The fraction of sp³-hybridized carbons (Fsp3) is 0.217. The number of fused-ring (bicyclic) bond motifs is 3. The van der Waals surface area contributed by atoms with Crippen LogP contribution in [0.15, 0.2) is 146 Å². The molecule has 0 N–H and O–H groups in total. The van der Waals surface area contributed by atoms with Crippen LogP contribution in [0.4, 0.5) is 17.1 Å². The van der Waals surface area contributed by atoms with Gasteiger partial charge in [-0.3, -0.25) is 0 Å². The molecule has 11 rings (SSSR count). The molecule has 234 valence electrons. The van der Waals surface area contributed by atoms with Gasteiger partial charge in [-0.15, -0.1) is 11.3 Å².